The van der Waals surface area contributed by atoms with Gasteiger partial charge in [-0.05, 0) is 36.1 Å². The number of halogens is 1. The maximum absolute atomic E-state index is 13.1. The lowest BCUT2D eigenvalue weighted by Gasteiger charge is -2.35. The molecular weight excluding hydrogens is 347 g/mol. The molecule has 1 saturated heterocycles. The predicted molar refractivity (Wildman–Crippen MR) is 95.6 cm³/mol. The number of nitriles is 1. The third kappa shape index (κ3) is 3.40. The lowest BCUT2D eigenvalue weighted by Crippen LogP contribution is -2.48. The second-order valence-corrected chi connectivity index (χ2v) is 6.69. The van der Waals surface area contributed by atoms with Crippen molar-refractivity contribution in [2.24, 2.45) is 0 Å². The lowest BCUT2D eigenvalue weighted by molar-refractivity contribution is 0.135. The highest BCUT2D eigenvalue weighted by molar-refractivity contribution is 5.80. The smallest absolute Gasteiger partial charge is 0.320 e. The summed E-state index contributed by atoms with van der Waals surface area (Å²) in [6, 6.07) is 8.23. The van der Waals surface area contributed by atoms with Crippen LogP contribution in [0.5, 0.6) is 0 Å². The molecule has 1 aromatic heterocycles. The average Bonchev–Trinajstić information content (AvgIpc) is 3.18. The molecule has 0 bridgehead atoms. The Morgan fingerprint density at radius 1 is 1.07 bits per heavy atom. The third-order valence-corrected chi connectivity index (χ3v) is 5.12. The molecule has 0 radical (unpaired) electrons. The molecule has 1 fully saturated rings. The van der Waals surface area contributed by atoms with E-state index in [1.165, 1.54) is 18.5 Å². The van der Waals surface area contributed by atoms with Crippen molar-refractivity contribution in [3.63, 3.8) is 0 Å². The molecule has 138 valence electrons. The summed E-state index contributed by atoms with van der Waals surface area (Å²) in [6.07, 6.45) is 2.81. The summed E-state index contributed by atoms with van der Waals surface area (Å²) in [5.74, 6) is 0.481. The molecule has 8 heteroatoms. The average molecular weight is 366 g/mol. The monoisotopic (exact) mass is 366 g/mol. The number of nitrogens with zero attached hydrogens (tertiary/aromatic N) is 6. The predicted octanol–water partition coefficient (Wildman–Crippen LogP) is 2.43. The maximum atomic E-state index is 13.1. The molecule has 1 aromatic carbocycles. The van der Waals surface area contributed by atoms with Gasteiger partial charge in [0.1, 0.15) is 18.0 Å². The van der Waals surface area contributed by atoms with Crippen LogP contribution in [-0.4, -0.2) is 50.2 Å². The molecule has 0 saturated carbocycles. The number of carbonyl (C=O) groups is 1. The van der Waals surface area contributed by atoms with E-state index >= 15 is 0 Å². The second-order valence-electron chi connectivity index (χ2n) is 6.69. The molecule has 2 amide bonds. The van der Waals surface area contributed by atoms with Gasteiger partial charge in [-0.25, -0.2) is 18.9 Å². The van der Waals surface area contributed by atoms with Crippen LogP contribution in [0.3, 0.4) is 0 Å². The minimum atomic E-state index is -0.321. The van der Waals surface area contributed by atoms with Gasteiger partial charge < -0.3 is 9.80 Å². The van der Waals surface area contributed by atoms with E-state index in [0.717, 1.165) is 17.0 Å². The van der Waals surface area contributed by atoms with Gasteiger partial charge in [-0.15, -0.1) is 0 Å². The largest absolute Gasteiger partial charge is 0.324 e. The first-order chi connectivity index (χ1) is 13.2. The van der Waals surface area contributed by atoms with Crippen molar-refractivity contribution in [2.45, 2.75) is 25.9 Å². The van der Waals surface area contributed by atoms with E-state index in [0.29, 0.717) is 51.1 Å². The number of rotatable bonds is 1. The maximum Gasteiger partial charge on any atom is 0.320 e. The van der Waals surface area contributed by atoms with Crippen LogP contribution in [0.4, 0.5) is 9.18 Å². The molecule has 0 atom stereocenters. The van der Waals surface area contributed by atoms with Crippen molar-refractivity contribution < 1.29 is 9.18 Å². The van der Waals surface area contributed by atoms with E-state index in [-0.39, 0.29) is 11.8 Å². The van der Waals surface area contributed by atoms with Crippen molar-refractivity contribution in [2.75, 3.05) is 19.6 Å². The minimum absolute atomic E-state index is 0.00332. The van der Waals surface area contributed by atoms with Crippen molar-refractivity contribution in [1.29, 1.82) is 5.26 Å². The summed E-state index contributed by atoms with van der Waals surface area (Å²) in [7, 11) is 0. The Kier molecular flexibility index (Phi) is 4.59. The van der Waals surface area contributed by atoms with Gasteiger partial charge in [0.05, 0.1) is 24.7 Å². The van der Waals surface area contributed by atoms with Gasteiger partial charge in [-0.3, -0.25) is 0 Å². The van der Waals surface area contributed by atoms with Gasteiger partial charge in [0.2, 0.25) is 0 Å². The molecule has 2 aliphatic heterocycles. The summed E-state index contributed by atoms with van der Waals surface area (Å²) >= 11 is 0. The number of urea groups is 1. The Hall–Kier alpha value is -3.21. The van der Waals surface area contributed by atoms with E-state index in [2.05, 4.69) is 16.2 Å². The van der Waals surface area contributed by atoms with Crippen LogP contribution in [0.25, 0.3) is 5.57 Å². The summed E-state index contributed by atoms with van der Waals surface area (Å²) in [5.41, 5.74) is 2.34. The minimum Gasteiger partial charge on any atom is -0.324 e. The van der Waals surface area contributed by atoms with Gasteiger partial charge in [-0.1, -0.05) is 12.1 Å². The molecule has 0 aliphatic carbocycles. The SMILES string of the molecule is N#CC(=C1CCN(C(=O)N2CCn3ncnc3C2)CC1)c1ccc(F)cc1. The number of piperidine rings is 1. The molecule has 27 heavy (non-hydrogen) atoms. The van der Waals surface area contributed by atoms with E-state index in [1.807, 2.05) is 9.58 Å². The molecule has 2 aromatic rings. The fourth-order valence-electron chi connectivity index (χ4n) is 3.61. The highest BCUT2D eigenvalue weighted by Gasteiger charge is 2.28. The number of aromatic nitrogens is 3. The van der Waals surface area contributed by atoms with Gasteiger partial charge in [0, 0.05) is 19.6 Å². The first-order valence-electron chi connectivity index (χ1n) is 8.94. The van der Waals surface area contributed by atoms with E-state index in [4.69, 9.17) is 0 Å². The second kappa shape index (κ2) is 7.19. The van der Waals surface area contributed by atoms with E-state index in [1.54, 1.807) is 17.0 Å². The number of fused-ring (bicyclic) bond motifs is 1. The van der Waals surface area contributed by atoms with Crippen LogP contribution in [0.15, 0.2) is 36.2 Å². The van der Waals surface area contributed by atoms with Crippen LogP contribution < -0.4 is 0 Å². The molecule has 2 aliphatic rings. The van der Waals surface area contributed by atoms with Crippen molar-refractivity contribution >= 4 is 11.6 Å². The Balaban J connectivity index is 1.43. The van der Waals surface area contributed by atoms with Crippen molar-refractivity contribution in [3.05, 3.63) is 53.4 Å². The molecule has 0 unspecified atom stereocenters. The van der Waals surface area contributed by atoms with Gasteiger partial charge in [-0.2, -0.15) is 10.4 Å². The number of hydrogen-bond donors (Lipinski definition) is 0. The van der Waals surface area contributed by atoms with Gasteiger partial charge >= 0.3 is 6.03 Å². The Morgan fingerprint density at radius 3 is 2.52 bits per heavy atom. The van der Waals surface area contributed by atoms with Crippen LogP contribution in [0, 0.1) is 17.1 Å². The topological polar surface area (TPSA) is 78.0 Å². The number of likely N-dealkylation sites (tertiary alicyclic amines) is 1. The van der Waals surface area contributed by atoms with Gasteiger partial charge in [0.25, 0.3) is 0 Å². The summed E-state index contributed by atoms with van der Waals surface area (Å²) in [4.78, 5) is 20.6. The Labute approximate surface area is 156 Å². The molecule has 7 nitrogen and oxygen atoms in total. The normalized spacial score (nSPS) is 16.7. The highest BCUT2D eigenvalue weighted by atomic mass is 19.1. The number of benzene rings is 1. The number of carbonyl (C=O) groups excluding carboxylic acids is 1. The highest BCUT2D eigenvalue weighted by Crippen LogP contribution is 2.27. The summed E-state index contributed by atoms with van der Waals surface area (Å²) in [5, 5.41) is 13.7. The molecule has 0 spiro atoms. The van der Waals surface area contributed by atoms with Crippen LogP contribution >= 0.6 is 0 Å². The molecule has 4 rings (SSSR count). The molecule has 3 heterocycles. The summed E-state index contributed by atoms with van der Waals surface area (Å²) < 4.78 is 14.9. The lowest BCUT2D eigenvalue weighted by atomic mass is 9.94. The zero-order chi connectivity index (χ0) is 18.8. The van der Waals surface area contributed by atoms with Gasteiger partial charge in [0.15, 0.2) is 0 Å². The molecule has 0 N–H and O–H groups in total. The number of allylic oxidation sites excluding steroid dienone is 1. The van der Waals surface area contributed by atoms with Crippen LogP contribution in [-0.2, 0) is 13.1 Å². The Bertz CT molecular complexity index is 916. The first kappa shape index (κ1) is 17.2. The van der Waals surface area contributed by atoms with Crippen molar-refractivity contribution in [1.82, 2.24) is 24.6 Å². The molecular formula is C19H19FN6O. The van der Waals surface area contributed by atoms with Crippen LogP contribution in [0.1, 0.15) is 24.2 Å². The fraction of sp³-hybridized carbons (Fsp3) is 0.368. The zero-order valence-corrected chi connectivity index (χ0v) is 14.8. The Morgan fingerprint density at radius 2 is 1.81 bits per heavy atom. The van der Waals surface area contributed by atoms with Crippen LogP contribution in [0.2, 0.25) is 0 Å². The first-order valence-corrected chi connectivity index (χ1v) is 8.94. The number of hydrogen-bond acceptors (Lipinski definition) is 4. The third-order valence-electron chi connectivity index (χ3n) is 5.12. The van der Waals surface area contributed by atoms with E-state index in [9.17, 15) is 14.4 Å². The number of amides is 2. The van der Waals surface area contributed by atoms with Crippen molar-refractivity contribution in [3.8, 4) is 6.07 Å². The zero-order valence-electron chi connectivity index (χ0n) is 14.8. The summed E-state index contributed by atoms with van der Waals surface area (Å²) in [6.45, 7) is 2.89. The fourth-order valence-corrected chi connectivity index (χ4v) is 3.61. The standard InChI is InChI=1S/C19H19FN6O/c20-16-3-1-14(2-4-16)17(11-21)15-5-7-24(8-6-15)19(27)25-9-10-26-18(12-25)22-13-23-26/h1-4,13H,5-10,12H2. The van der Waals surface area contributed by atoms with E-state index < -0.39 is 0 Å². The quantitative estimate of drug-likeness (QED) is 0.726.